The summed E-state index contributed by atoms with van der Waals surface area (Å²) < 4.78 is 1.65. The highest BCUT2D eigenvalue weighted by Gasteiger charge is 1.98. The lowest BCUT2D eigenvalue weighted by molar-refractivity contribution is 0.789. The molecule has 0 aliphatic carbocycles. The highest BCUT2D eigenvalue weighted by molar-refractivity contribution is 7.98. The highest BCUT2D eigenvalue weighted by Crippen LogP contribution is 2.13. The van der Waals surface area contributed by atoms with Crippen LogP contribution in [0, 0.1) is 0 Å². The lowest BCUT2D eigenvalue weighted by Gasteiger charge is -2.07. The molecule has 1 aromatic heterocycles. The number of nitrogens with zero attached hydrogens (tertiary/aromatic N) is 4. The summed E-state index contributed by atoms with van der Waals surface area (Å²) in [5, 5.41) is 14.5. The van der Waals surface area contributed by atoms with Gasteiger partial charge in [0.2, 0.25) is 0 Å². The number of anilines is 1. The summed E-state index contributed by atoms with van der Waals surface area (Å²) in [6.07, 6.45) is 4.88. The molecule has 0 aliphatic rings. The lowest BCUT2D eigenvalue weighted by atomic mass is 10.2. The minimum Gasteiger partial charge on any atom is -0.385 e. The van der Waals surface area contributed by atoms with Crippen LogP contribution in [0.4, 0.5) is 5.69 Å². The van der Waals surface area contributed by atoms with E-state index in [1.807, 2.05) is 36.0 Å². The van der Waals surface area contributed by atoms with Crippen molar-refractivity contribution in [3.8, 4) is 5.69 Å². The number of aromatic nitrogens is 4. The zero-order valence-electron chi connectivity index (χ0n) is 9.71. The van der Waals surface area contributed by atoms with Gasteiger partial charge in [-0.3, -0.25) is 0 Å². The molecule has 0 atom stereocenters. The van der Waals surface area contributed by atoms with Gasteiger partial charge in [0, 0.05) is 12.2 Å². The van der Waals surface area contributed by atoms with Gasteiger partial charge in [-0.25, -0.2) is 4.68 Å². The summed E-state index contributed by atoms with van der Waals surface area (Å²) in [5.74, 6) is 1.18. The van der Waals surface area contributed by atoms with Crippen molar-refractivity contribution in [1.82, 2.24) is 20.2 Å². The standard InChI is InChI=1S/C11H15N5S/c1-17-7-3-6-12-10-4-2-5-11(8-10)16-9-13-14-15-16/h2,4-5,8-9,12H,3,6-7H2,1H3. The van der Waals surface area contributed by atoms with E-state index in [1.54, 1.807) is 11.0 Å². The van der Waals surface area contributed by atoms with E-state index in [2.05, 4.69) is 27.1 Å². The van der Waals surface area contributed by atoms with Crippen LogP contribution in [0.2, 0.25) is 0 Å². The Labute approximate surface area is 105 Å². The van der Waals surface area contributed by atoms with Gasteiger partial charge in [-0.05, 0) is 47.1 Å². The summed E-state index contributed by atoms with van der Waals surface area (Å²) in [6, 6.07) is 8.06. The van der Waals surface area contributed by atoms with E-state index in [1.165, 1.54) is 5.75 Å². The van der Waals surface area contributed by atoms with Gasteiger partial charge in [0.25, 0.3) is 0 Å². The Kier molecular flexibility index (Phi) is 4.37. The minimum absolute atomic E-state index is 0.963. The number of hydrogen-bond donors (Lipinski definition) is 1. The molecule has 1 heterocycles. The Morgan fingerprint density at radius 2 is 2.35 bits per heavy atom. The monoisotopic (exact) mass is 249 g/mol. The second-order valence-corrected chi connectivity index (χ2v) is 4.56. The van der Waals surface area contributed by atoms with Crippen LogP contribution >= 0.6 is 11.8 Å². The van der Waals surface area contributed by atoms with Crippen LogP contribution in [0.5, 0.6) is 0 Å². The predicted molar refractivity (Wildman–Crippen MR) is 70.6 cm³/mol. The fourth-order valence-electron chi connectivity index (χ4n) is 1.49. The number of thioether (sulfide) groups is 1. The van der Waals surface area contributed by atoms with Gasteiger partial charge in [0.05, 0.1) is 5.69 Å². The number of nitrogens with one attached hydrogen (secondary N) is 1. The zero-order chi connectivity index (χ0) is 11.9. The molecule has 0 bridgehead atoms. The molecule has 2 aromatic rings. The van der Waals surface area contributed by atoms with Gasteiger partial charge in [0.15, 0.2) is 0 Å². The maximum Gasteiger partial charge on any atom is 0.143 e. The molecule has 0 fully saturated rings. The molecule has 0 saturated carbocycles. The van der Waals surface area contributed by atoms with Crippen molar-refractivity contribution in [3.05, 3.63) is 30.6 Å². The van der Waals surface area contributed by atoms with Gasteiger partial charge in [-0.1, -0.05) is 6.07 Å². The van der Waals surface area contributed by atoms with Crippen LogP contribution in [0.3, 0.4) is 0 Å². The SMILES string of the molecule is CSCCCNc1cccc(-n2cnnn2)c1. The van der Waals surface area contributed by atoms with Crippen LogP contribution in [0.15, 0.2) is 30.6 Å². The third-order valence-corrected chi connectivity index (χ3v) is 3.01. The van der Waals surface area contributed by atoms with Gasteiger partial charge >= 0.3 is 0 Å². The molecule has 0 aliphatic heterocycles. The topological polar surface area (TPSA) is 55.6 Å². The maximum absolute atomic E-state index is 3.86. The van der Waals surface area contributed by atoms with Gasteiger partial charge < -0.3 is 5.32 Å². The summed E-state index contributed by atoms with van der Waals surface area (Å²) in [7, 11) is 0. The van der Waals surface area contributed by atoms with Crippen LogP contribution < -0.4 is 5.32 Å². The molecule has 0 radical (unpaired) electrons. The molecule has 1 N–H and O–H groups in total. The number of hydrogen-bond acceptors (Lipinski definition) is 5. The summed E-state index contributed by atoms with van der Waals surface area (Å²) in [6.45, 7) is 0.986. The fourth-order valence-corrected chi connectivity index (χ4v) is 1.92. The maximum atomic E-state index is 3.86. The first kappa shape index (κ1) is 11.9. The van der Waals surface area contributed by atoms with Crippen molar-refractivity contribution in [2.45, 2.75) is 6.42 Å². The van der Waals surface area contributed by atoms with Crippen molar-refractivity contribution < 1.29 is 0 Å². The third-order valence-electron chi connectivity index (χ3n) is 2.31. The van der Waals surface area contributed by atoms with Crippen molar-refractivity contribution in [2.75, 3.05) is 23.9 Å². The lowest BCUT2D eigenvalue weighted by Crippen LogP contribution is -2.03. The average molecular weight is 249 g/mol. The van der Waals surface area contributed by atoms with Crippen LogP contribution in [0.25, 0.3) is 5.69 Å². The first-order valence-electron chi connectivity index (χ1n) is 5.46. The highest BCUT2D eigenvalue weighted by atomic mass is 32.2. The van der Waals surface area contributed by atoms with Gasteiger partial charge in [0.1, 0.15) is 6.33 Å². The van der Waals surface area contributed by atoms with E-state index in [0.717, 1.165) is 24.3 Å². The Hall–Kier alpha value is -1.56. The van der Waals surface area contributed by atoms with Gasteiger partial charge in [-0.2, -0.15) is 11.8 Å². The van der Waals surface area contributed by atoms with Crippen molar-refractivity contribution >= 4 is 17.4 Å². The molecule has 17 heavy (non-hydrogen) atoms. The van der Waals surface area contributed by atoms with E-state index in [4.69, 9.17) is 0 Å². The Bertz CT molecular complexity index is 443. The first-order valence-corrected chi connectivity index (χ1v) is 6.86. The first-order chi connectivity index (χ1) is 8.40. The molecule has 0 amide bonds. The van der Waals surface area contributed by atoms with Gasteiger partial charge in [-0.15, -0.1) is 5.10 Å². The molecule has 0 saturated heterocycles. The van der Waals surface area contributed by atoms with E-state index in [-0.39, 0.29) is 0 Å². The average Bonchev–Trinajstić information content (AvgIpc) is 2.89. The normalized spacial score (nSPS) is 10.4. The molecule has 0 unspecified atom stereocenters. The predicted octanol–water partition coefficient (Wildman–Crippen LogP) is 1.83. The second-order valence-electron chi connectivity index (χ2n) is 3.58. The number of benzene rings is 1. The number of tetrazole rings is 1. The molecule has 90 valence electrons. The summed E-state index contributed by atoms with van der Waals surface area (Å²) in [4.78, 5) is 0. The van der Waals surface area contributed by atoms with Crippen molar-refractivity contribution in [1.29, 1.82) is 0 Å². The van der Waals surface area contributed by atoms with E-state index < -0.39 is 0 Å². The minimum atomic E-state index is 0.963. The van der Waals surface area contributed by atoms with Crippen molar-refractivity contribution in [3.63, 3.8) is 0 Å². The quantitative estimate of drug-likeness (QED) is 0.791. The smallest absolute Gasteiger partial charge is 0.143 e. The Morgan fingerprint density at radius 3 is 3.12 bits per heavy atom. The summed E-state index contributed by atoms with van der Waals surface area (Å²) >= 11 is 1.87. The molecule has 0 spiro atoms. The Morgan fingerprint density at radius 1 is 1.41 bits per heavy atom. The van der Waals surface area contributed by atoms with E-state index >= 15 is 0 Å². The molecular weight excluding hydrogens is 234 g/mol. The molecule has 5 nitrogen and oxygen atoms in total. The fraction of sp³-hybridized carbons (Fsp3) is 0.364. The van der Waals surface area contributed by atoms with Crippen LogP contribution in [0.1, 0.15) is 6.42 Å². The summed E-state index contributed by atoms with van der Waals surface area (Å²) in [5.41, 5.74) is 2.06. The van der Waals surface area contributed by atoms with E-state index in [9.17, 15) is 0 Å². The number of rotatable bonds is 6. The molecule has 1 aromatic carbocycles. The molecular formula is C11H15N5S. The molecule has 6 heteroatoms. The third kappa shape index (κ3) is 3.45. The van der Waals surface area contributed by atoms with Crippen LogP contribution in [-0.2, 0) is 0 Å². The van der Waals surface area contributed by atoms with E-state index in [0.29, 0.717) is 0 Å². The second kappa shape index (κ2) is 6.24. The zero-order valence-corrected chi connectivity index (χ0v) is 10.5. The molecule has 2 rings (SSSR count). The van der Waals surface area contributed by atoms with Crippen molar-refractivity contribution in [2.24, 2.45) is 0 Å². The van der Waals surface area contributed by atoms with Crippen LogP contribution in [-0.4, -0.2) is 38.8 Å². The Balaban J connectivity index is 1.97. The largest absolute Gasteiger partial charge is 0.385 e.